The molecule has 0 spiro atoms. The van der Waals surface area contributed by atoms with Gasteiger partial charge in [-0.25, -0.2) is 0 Å². The van der Waals surface area contributed by atoms with Gasteiger partial charge in [-0.3, -0.25) is 9.80 Å². The number of nitrogens with zero attached hydrogens (tertiary/aromatic N) is 2. The number of rotatable bonds is 5. The molecule has 2 aliphatic heterocycles. The Hall–Kier alpha value is -0.160. The molecule has 4 nitrogen and oxygen atoms in total. The first kappa shape index (κ1) is 17.2. The fourth-order valence-electron chi connectivity index (χ4n) is 3.58. The van der Waals surface area contributed by atoms with Crippen LogP contribution in [0.25, 0.3) is 0 Å². The molecule has 0 aliphatic carbocycles. The van der Waals surface area contributed by atoms with Gasteiger partial charge in [-0.15, -0.1) is 0 Å². The summed E-state index contributed by atoms with van der Waals surface area (Å²) in [6, 6.07) is 0.679. The topological polar surface area (TPSA) is 27.7 Å². The molecular formula is C17H35N3O. The van der Waals surface area contributed by atoms with E-state index in [1.54, 1.807) is 0 Å². The number of nitrogens with one attached hydrogen (secondary N) is 1. The second kappa shape index (κ2) is 6.95. The van der Waals surface area contributed by atoms with Crippen LogP contribution in [-0.2, 0) is 4.74 Å². The Morgan fingerprint density at radius 3 is 2.57 bits per heavy atom. The van der Waals surface area contributed by atoms with Crippen molar-refractivity contribution in [2.75, 3.05) is 52.5 Å². The molecule has 2 heterocycles. The van der Waals surface area contributed by atoms with Crippen molar-refractivity contribution in [1.29, 1.82) is 0 Å². The zero-order chi connectivity index (χ0) is 15.5. The summed E-state index contributed by atoms with van der Waals surface area (Å²) in [5.41, 5.74) is 0.491. The van der Waals surface area contributed by atoms with E-state index in [-0.39, 0.29) is 5.54 Å². The van der Waals surface area contributed by atoms with E-state index >= 15 is 0 Å². The van der Waals surface area contributed by atoms with Crippen LogP contribution in [0, 0.1) is 5.41 Å². The molecule has 124 valence electrons. The minimum absolute atomic E-state index is 0.184. The second-order valence-electron chi connectivity index (χ2n) is 8.12. The van der Waals surface area contributed by atoms with Gasteiger partial charge in [0, 0.05) is 56.3 Å². The van der Waals surface area contributed by atoms with Crippen molar-refractivity contribution in [2.45, 2.75) is 52.6 Å². The van der Waals surface area contributed by atoms with Crippen LogP contribution in [0.2, 0.25) is 0 Å². The molecule has 2 saturated heterocycles. The number of hydrogen-bond donors (Lipinski definition) is 1. The smallest absolute Gasteiger partial charge is 0.0547 e. The van der Waals surface area contributed by atoms with Crippen LogP contribution in [-0.4, -0.2) is 73.9 Å². The largest absolute Gasteiger partial charge is 0.381 e. The first-order chi connectivity index (χ1) is 9.84. The fraction of sp³-hybridized carbons (Fsp3) is 1.00. The highest BCUT2D eigenvalue weighted by Gasteiger charge is 2.38. The zero-order valence-electron chi connectivity index (χ0n) is 14.7. The molecule has 2 rings (SSSR count). The Morgan fingerprint density at radius 1 is 1.29 bits per heavy atom. The van der Waals surface area contributed by atoms with E-state index in [0.717, 1.165) is 19.8 Å². The van der Waals surface area contributed by atoms with Gasteiger partial charge in [0.05, 0.1) is 6.61 Å². The Bertz CT molecular complexity index is 320. The first-order valence-corrected chi connectivity index (χ1v) is 8.63. The van der Waals surface area contributed by atoms with Gasteiger partial charge in [0.2, 0.25) is 0 Å². The predicted molar refractivity (Wildman–Crippen MR) is 88.8 cm³/mol. The van der Waals surface area contributed by atoms with E-state index in [9.17, 15) is 0 Å². The summed E-state index contributed by atoms with van der Waals surface area (Å²) in [7, 11) is 0. The lowest BCUT2D eigenvalue weighted by atomic mass is 9.85. The van der Waals surface area contributed by atoms with E-state index in [0.29, 0.717) is 11.5 Å². The standard InChI is InChI=1S/C17H35N3O/c1-6-20-9-8-19(11-15(20)2)13-17(7-10-21-14-17)12-18-16(3,4)5/h15,18H,6-14H2,1-5H3. The second-order valence-corrected chi connectivity index (χ2v) is 8.12. The lowest BCUT2D eigenvalue weighted by Gasteiger charge is -2.43. The molecule has 21 heavy (non-hydrogen) atoms. The fourth-order valence-corrected chi connectivity index (χ4v) is 3.58. The third-order valence-electron chi connectivity index (χ3n) is 4.99. The molecule has 2 aliphatic rings. The Labute approximate surface area is 131 Å². The molecule has 4 heteroatoms. The summed E-state index contributed by atoms with van der Waals surface area (Å²) in [4.78, 5) is 5.25. The van der Waals surface area contributed by atoms with Crippen LogP contribution in [0.1, 0.15) is 41.0 Å². The molecule has 2 atom stereocenters. The summed E-state index contributed by atoms with van der Waals surface area (Å²) in [6.45, 7) is 20.3. The molecule has 0 aromatic rings. The molecule has 1 N–H and O–H groups in total. The van der Waals surface area contributed by atoms with Crippen molar-refractivity contribution >= 4 is 0 Å². The number of piperazine rings is 1. The van der Waals surface area contributed by atoms with E-state index in [1.165, 1.54) is 39.1 Å². The normalized spacial score (nSPS) is 32.7. The maximum absolute atomic E-state index is 5.76. The maximum Gasteiger partial charge on any atom is 0.0547 e. The summed E-state index contributed by atoms with van der Waals surface area (Å²) in [6.07, 6.45) is 1.19. The average Bonchev–Trinajstić information content (AvgIpc) is 2.85. The number of ether oxygens (including phenoxy) is 1. The van der Waals surface area contributed by atoms with E-state index in [4.69, 9.17) is 4.74 Å². The molecule has 0 bridgehead atoms. The van der Waals surface area contributed by atoms with Crippen molar-refractivity contribution in [2.24, 2.45) is 5.41 Å². The third-order valence-corrected chi connectivity index (χ3v) is 4.99. The molecule has 2 unspecified atom stereocenters. The van der Waals surface area contributed by atoms with Crippen LogP contribution in [0.15, 0.2) is 0 Å². The van der Waals surface area contributed by atoms with Crippen molar-refractivity contribution in [3.63, 3.8) is 0 Å². The predicted octanol–water partition coefficient (Wildman–Crippen LogP) is 1.81. The van der Waals surface area contributed by atoms with Gasteiger partial charge in [-0.05, 0) is 40.7 Å². The Balaban J connectivity index is 1.91. The maximum atomic E-state index is 5.76. The lowest BCUT2D eigenvalue weighted by Crippen LogP contribution is -2.56. The van der Waals surface area contributed by atoms with Gasteiger partial charge in [0.15, 0.2) is 0 Å². The molecule has 0 radical (unpaired) electrons. The van der Waals surface area contributed by atoms with Gasteiger partial charge < -0.3 is 10.1 Å². The van der Waals surface area contributed by atoms with Crippen LogP contribution >= 0.6 is 0 Å². The Morgan fingerprint density at radius 2 is 2.05 bits per heavy atom. The van der Waals surface area contributed by atoms with Crippen molar-refractivity contribution in [3.8, 4) is 0 Å². The van der Waals surface area contributed by atoms with Crippen molar-refractivity contribution < 1.29 is 4.74 Å². The van der Waals surface area contributed by atoms with Crippen molar-refractivity contribution in [3.05, 3.63) is 0 Å². The van der Waals surface area contributed by atoms with Gasteiger partial charge >= 0.3 is 0 Å². The molecule has 0 aromatic heterocycles. The van der Waals surface area contributed by atoms with E-state index < -0.39 is 0 Å². The van der Waals surface area contributed by atoms with Crippen LogP contribution in [0.5, 0.6) is 0 Å². The third kappa shape index (κ3) is 4.92. The van der Waals surface area contributed by atoms with Gasteiger partial charge in [0.1, 0.15) is 0 Å². The minimum atomic E-state index is 0.184. The zero-order valence-corrected chi connectivity index (χ0v) is 14.7. The van der Waals surface area contributed by atoms with Crippen LogP contribution in [0.4, 0.5) is 0 Å². The summed E-state index contributed by atoms with van der Waals surface area (Å²) in [5, 5.41) is 3.71. The highest BCUT2D eigenvalue weighted by molar-refractivity contribution is 4.92. The average molecular weight is 297 g/mol. The molecule has 0 saturated carbocycles. The quantitative estimate of drug-likeness (QED) is 0.837. The summed E-state index contributed by atoms with van der Waals surface area (Å²) >= 11 is 0. The molecule has 0 aromatic carbocycles. The van der Waals surface area contributed by atoms with Gasteiger partial charge in [-0.1, -0.05) is 6.92 Å². The highest BCUT2D eigenvalue weighted by Crippen LogP contribution is 2.30. The van der Waals surface area contributed by atoms with Crippen molar-refractivity contribution in [1.82, 2.24) is 15.1 Å². The van der Waals surface area contributed by atoms with Gasteiger partial charge in [0.25, 0.3) is 0 Å². The molecular weight excluding hydrogens is 262 g/mol. The van der Waals surface area contributed by atoms with Crippen LogP contribution < -0.4 is 5.32 Å². The summed E-state index contributed by atoms with van der Waals surface area (Å²) < 4.78 is 5.76. The Kier molecular flexibility index (Phi) is 5.69. The molecule has 2 fully saturated rings. The van der Waals surface area contributed by atoms with Gasteiger partial charge in [-0.2, -0.15) is 0 Å². The molecule has 0 amide bonds. The van der Waals surface area contributed by atoms with E-state index in [2.05, 4.69) is 49.7 Å². The monoisotopic (exact) mass is 297 g/mol. The number of likely N-dealkylation sites (N-methyl/N-ethyl adjacent to an activating group) is 1. The minimum Gasteiger partial charge on any atom is -0.381 e. The highest BCUT2D eigenvalue weighted by atomic mass is 16.5. The van der Waals surface area contributed by atoms with Crippen LogP contribution in [0.3, 0.4) is 0 Å². The summed E-state index contributed by atoms with van der Waals surface area (Å²) in [5.74, 6) is 0. The number of hydrogen-bond acceptors (Lipinski definition) is 4. The lowest BCUT2D eigenvalue weighted by molar-refractivity contribution is 0.0445. The van der Waals surface area contributed by atoms with E-state index in [1.807, 2.05) is 0 Å². The first-order valence-electron chi connectivity index (χ1n) is 8.63. The SMILES string of the molecule is CCN1CCN(CC2(CNC(C)(C)C)CCOC2)CC1C.